The Morgan fingerprint density at radius 3 is 2.23 bits per heavy atom. The van der Waals surface area contributed by atoms with E-state index in [0.29, 0.717) is 11.6 Å². The molecule has 0 bridgehead atoms. The van der Waals surface area contributed by atoms with Crippen molar-refractivity contribution in [3.05, 3.63) is 64.2 Å². The van der Waals surface area contributed by atoms with Gasteiger partial charge in [-0.05, 0) is 47.2 Å². The second-order valence-corrected chi connectivity index (χ2v) is 7.20. The van der Waals surface area contributed by atoms with E-state index in [1.165, 1.54) is 11.1 Å². The number of phenols is 1. The van der Waals surface area contributed by atoms with Crippen LogP contribution in [0.3, 0.4) is 0 Å². The Bertz CT molecular complexity index is 629. The largest absolute Gasteiger partial charge is 0.506 e. The monoisotopic (exact) mass is 317 g/mol. The molecular formula is C19H24ClNO. The molecule has 0 aliphatic heterocycles. The molecular weight excluding hydrogens is 294 g/mol. The van der Waals surface area contributed by atoms with Gasteiger partial charge in [0.25, 0.3) is 0 Å². The Hall–Kier alpha value is -1.51. The van der Waals surface area contributed by atoms with Crippen molar-refractivity contribution in [3.63, 3.8) is 0 Å². The van der Waals surface area contributed by atoms with Gasteiger partial charge >= 0.3 is 0 Å². The van der Waals surface area contributed by atoms with E-state index in [4.69, 9.17) is 17.3 Å². The summed E-state index contributed by atoms with van der Waals surface area (Å²) in [5.41, 5.74) is 9.75. The van der Waals surface area contributed by atoms with E-state index in [2.05, 4.69) is 45.0 Å². The maximum Gasteiger partial charge on any atom is 0.134 e. The zero-order valence-electron chi connectivity index (χ0n) is 13.4. The van der Waals surface area contributed by atoms with Crippen molar-refractivity contribution in [2.75, 3.05) is 6.54 Å². The minimum Gasteiger partial charge on any atom is -0.506 e. The van der Waals surface area contributed by atoms with Gasteiger partial charge in [0.1, 0.15) is 5.75 Å². The highest BCUT2D eigenvalue weighted by Gasteiger charge is 2.16. The average molecular weight is 318 g/mol. The topological polar surface area (TPSA) is 46.2 Å². The number of hydrogen-bond donors (Lipinski definition) is 2. The molecule has 0 saturated carbocycles. The first-order valence-electron chi connectivity index (χ1n) is 7.59. The van der Waals surface area contributed by atoms with Gasteiger partial charge in [0.15, 0.2) is 0 Å². The number of hydrogen-bond acceptors (Lipinski definition) is 2. The standard InChI is InChI=1S/C19H24ClNO/c1-19(2,3)16-7-5-14(6-8-16)15(12-21)10-13-4-9-18(22)17(20)11-13/h4-9,11,15,22H,10,12,21H2,1-3H3. The molecule has 22 heavy (non-hydrogen) atoms. The highest BCUT2D eigenvalue weighted by atomic mass is 35.5. The van der Waals surface area contributed by atoms with E-state index >= 15 is 0 Å². The van der Waals surface area contributed by atoms with Crippen molar-refractivity contribution in [3.8, 4) is 5.75 Å². The van der Waals surface area contributed by atoms with Gasteiger partial charge in [-0.3, -0.25) is 0 Å². The first kappa shape index (κ1) is 16.9. The third-order valence-electron chi connectivity index (χ3n) is 4.03. The summed E-state index contributed by atoms with van der Waals surface area (Å²) >= 11 is 5.98. The smallest absolute Gasteiger partial charge is 0.134 e. The van der Waals surface area contributed by atoms with Crippen LogP contribution in [0.2, 0.25) is 5.02 Å². The molecule has 0 fully saturated rings. The summed E-state index contributed by atoms with van der Waals surface area (Å²) in [7, 11) is 0. The van der Waals surface area contributed by atoms with E-state index in [-0.39, 0.29) is 17.1 Å². The first-order valence-corrected chi connectivity index (χ1v) is 7.97. The predicted octanol–water partition coefficient (Wildman–Crippen LogP) is 4.63. The Morgan fingerprint density at radius 1 is 1.09 bits per heavy atom. The van der Waals surface area contributed by atoms with Crippen molar-refractivity contribution in [2.24, 2.45) is 5.73 Å². The normalized spacial score (nSPS) is 13.1. The van der Waals surface area contributed by atoms with Crippen LogP contribution in [-0.2, 0) is 11.8 Å². The third kappa shape index (κ3) is 4.02. The fourth-order valence-electron chi connectivity index (χ4n) is 2.55. The molecule has 0 saturated heterocycles. The van der Waals surface area contributed by atoms with E-state index in [0.717, 1.165) is 12.0 Å². The highest BCUT2D eigenvalue weighted by Crippen LogP contribution is 2.28. The number of aromatic hydroxyl groups is 1. The summed E-state index contributed by atoms with van der Waals surface area (Å²) in [5.74, 6) is 0.360. The minimum absolute atomic E-state index is 0.115. The molecule has 0 aliphatic rings. The molecule has 1 atom stereocenters. The number of nitrogens with two attached hydrogens (primary N) is 1. The lowest BCUT2D eigenvalue weighted by Crippen LogP contribution is -2.16. The zero-order valence-corrected chi connectivity index (χ0v) is 14.2. The molecule has 0 aromatic heterocycles. The van der Waals surface area contributed by atoms with Gasteiger partial charge in [0.2, 0.25) is 0 Å². The molecule has 0 aliphatic carbocycles. The van der Waals surface area contributed by atoms with Gasteiger partial charge in [-0.25, -0.2) is 0 Å². The number of rotatable bonds is 4. The molecule has 0 radical (unpaired) electrons. The lowest BCUT2D eigenvalue weighted by molar-refractivity contribution is 0.475. The third-order valence-corrected chi connectivity index (χ3v) is 4.33. The quantitative estimate of drug-likeness (QED) is 0.863. The zero-order chi connectivity index (χ0) is 16.3. The number of benzene rings is 2. The molecule has 2 aromatic rings. The van der Waals surface area contributed by atoms with Gasteiger partial charge in [-0.2, -0.15) is 0 Å². The number of halogens is 1. The minimum atomic E-state index is 0.115. The van der Waals surface area contributed by atoms with Crippen LogP contribution in [0.25, 0.3) is 0 Å². The van der Waals surface area contributed by atoms with Crippen LogP contribution in [0.1, 0.15) is 43.4 Å². The molecule has 2 nitrogen and oxygen atoms in total. The van der Waals surface area contributed by atoms with Crippen LogP contribution in [0.4, 0.5) is 0 Å². The van der Waals surface area contributed by atoms with Crippen LogP contribution in [0.15, 0.2) is 42.5 Å². The van der Waals surface area contributed by atoms with E-state index in [1.807, 2.05) is 12.1 Å². The average Bonchev–Trinajstić information content (AvgIpc) is 2.47. The molecule has 2 rings (SSSR count). The van der Waals surface area contributed by atoms with Gasteiger partial charge in [-0.15, -0.1) is 0 Å². The van der Waals surface area contributed by atoms with Crippen molar-refractivity contribution in [2.45, 2.75) is 38.5 Å². The van der Waals surface area contributed by atoms with E-state index in [1.54, 1.807) is 6.07 Å². The van der Waals surface area contributed by atoms with Gasteiger partial charge in [0.05, 0.1) is 5.02 Å². The number of phenolic OH excluding ortho intramolecular Hbond substituents is 1. The maximum absolute atomic E-state index is 9.50. The van der Waals surface area contributed by atoms with Crippen LogP contribution >= 0.6 is 11.6 Å². The van der Waals surface area contributed by atoms with Crippen LogP contribution in [0, 0.1) is 0 Å². The van der Waals surface area contributed by atoms with Crippen LogP contribution in [0.5, 0.6) is 5.75 Å². The van der Waals surface area contributed by atoms with Crippen LogP contribution in [-0.4, -0.2) is 11.7 Å². The summed E-state index contributed by atoms with van der Waals surface area (Å²) in [4.78, 5) is 0. The molecule has 118 valence electrons. The van der Waals surface area contributed by atoms with Gasteiger partial charge in [0, 0.05) is 5.92 Å². The Morgan fingerprint density at radius 2 is 1.73 bits per heavy atom. The van der Waals surface area contributed by atoms with Crippen molar-refractivity contribution >= 4 is 11.6 Å². The molecule has 0 heterocycles. The van der Waals surface area contributed by atoms with Gasteiger partial charge < -0.3 is 10.8 Å². The fraction of sp³-hybridized carbons (Fsp3) is 0.368. The Balaban J connectivity index is 2.19. The van der Waals surface area contributed by atoms with Gasteiger partial charge in [-0.1, -0.05) is 62.7 Å². The summed E-state index contributed by atoms with van der Waals surface area (Å²) in [6, 6.07) is 14.0. The van der Waals surface area contributed by atoms with Crippen LogP contribution < -0.4 is 5.73 Å². The lowest BCUT2D eigenvalue weighted by Gasteiger charge is -2.21. The molecule has 0 amide bonds. The summed E-state index contributed by atoms with van der Waals surface area (Å²) in [6.07, 6.45) is 0.811. The van der Waals surface area contributed by atoms with Crippen molar-refractivity contribution < 1.29 is 5.11 Å². The van der Waals surface area contributed by atoms with E-state index in [9.17, 15) is 5.11 Å². The summed E-state index contributed by atoms with van der Waals surface area (Å²) in [6.45, 7) is 7.20. The summed E-state index contributed by atoms with van der Waals surface area (Å²) < 4.78 is 0. The molecule has 0 spiro atoms. The molecule has 3 N–H and O–H groups in total. The Labute approximate surface area is 137 Å². The summed E-state index contributed by atoms with van der Waals surface area (Å²) in [5, 5.41) is 9.89. The second kappa shape index (κ2) is 6.72. The molecule has 2 aromatic carbocycles. The molecule has 3 heteroatoms. The highest BCUT2D eigenvalue weighted by molar-refractivity contribution is 6.32. The first-order chi connectivity index (χ1) is 10.3. The predicted molar refractivity (Wildman–Crippen MR) is 93.8 cm³/mol. The van der Waals surface area contributed by atoms with Crippen molar-refractivity contribution in [1.29, 1.82) is 0 Å². The Kier molecular flexibility index (Phi) is 5.15. The second-order valence-electron chi connectivity index (χ2n) is 6.79. The SMILES string of the molecule is CC(C)(C)c1ccc(C(CN)Cc2ccc(O)c(Cl)c2)cc1. The van der Waals surface area contributed by atoms with Crippen molar-refractivity contribution in [1.82, 2.24) is 0 Å². The van der Waals surface area contributed by atoms with E-state index < -0.39 is 0 Å². The maximum atomic E-state index is 9.50. The lowest BCUT2D eigenvalue weighted by atomic mass is 9.84. The molecule has 1 unspecified atom stereocenters. The fourth-order valence-corrected chi connectivity index (χ4v) is 2.76.